The molecule has 1 saturated heterocycles. The molecule has 6 heteroatoms. The molecule has 3 heterocycles. The molecule has 0 spiro atoms. The molecule has 0 amide bonds. The molecule has 1 fully saturated rings. The largest absolute Gasteiger partial charge is 0.378 e. The monoisotopic (exact) mass is 261 g/mol. The number of hydrogen-bond donors (Lipinski definition) is 1. The first-order chi connectivity index (χ1) is 8.92. The fourth-order valence-corrected chi connectivity index (χ4v) is 2.53. The molecule has 0 radical (unpaired) electrons. The average Bonchev–Trinajstić information content (AvgIpc) is 3.10. The van der Waals surface area contributed by atoms with Crippen LogP contribution < -0.4 is 10.2 Å². The van der Waals surface area contributed by atoms with Crippen molar-refractivity contribution in [1.82, 2.24) is 14.6 Å². The van der Waals surface area contributed by atoms with E-state index in [0.29, 0.717) is 6.54 Å². The third kappa shape index (κ3) is 2.59. The van der Waals surface area contributed by atoms with Gasteiger partial charge in [0.1, 0.15) is 5.82 Å². The van der Waals surface area contributed by atoms with E-state index >= 15 is 0 Å². The molecular weight excluding hydrogens is 246 g/mol. The highest BCUT2D eigenvalue weighted by Gasteiger charge is 2.12. The maximum absolute atomic E-state index is 4.49. The number of nitrogens with zero attached hydrogens (tertiary/aromatic N) is 4. The van der Waals surface area contributed by atoms with Crippen LogP contribution in [0.2, 0.25) is 0 Å². The van der Waals surface area contributed by atoms with E-state index in [1.54, 1.807) is 0 Å². The highest BCUT2D eigenvalue weighted by Crippen LogP contribution is 2.19. The summed E-state index contributed by atoms with van der Waals surface area (Å²) in [4.78, 5) is 6.82. The van der Waals surface area contributed by atoms with E-state index in [0.717, 1.165) is 30.3 Å². The van der Waals surface area contributed by atoms with Crippen LogP contribution in [0.5, 0.6) is 0 Å². The lowest BCUT2D eigenvalue weighted by Gasteiger charge is -2.16. The van der Waals surface area contributed by atoms with E-state index in [1.807, 2.05) is 11.6 Å². The minimum absolute atomic E-state index is 0.696. The van der Waals surface area contributed by atoms with Gasteiger partial charge < -0.3 is 10.2 Å². The Balaban J connectivity index is 1.60. The van der Waals surface area contributed by atoms with Crippen molar-refractivity contribution >= 4 is 23.0 Å². The third-order valence-corrected chi connectivity index (χ3v) is 3.61. The first kappa shape index (κ1) is 11.4. The predicted octanol–water partition coefficient (Wildman–Crippen LogP) is 2.15. The molecular formula is C12H15N5S. The number of hydrogen-bond acceptors (Lipinski definition) is 6. The van der Waals surface area contributed by atoms with E-state index in [9.17, 15) is 0 Å². The van der Waals surface area contributed by atoms with E-state index in [-0.39, 0.29) is 0 Å². The molecule has 1 aliphatic heterocycles. The second-order valence-corrected chi connectivity index (χ2v) is 4.96. The molecule has 0 aromatic carbocycles. The van der Waals surface area contributed by atoms with E-state index < -0.39 is 0 Å². The summed E-state index contributed by atoms with van der Waals surface area (Å²) < 4.78 is 3.83. The lowest BCUT2D eigenvalue weighted by atomic mass is 10.3. The van der Waals surface area contributed by atoms with Gasteiger partial charge in [0, 0.05) is 18.5 Å². The third-order valence-electron chi connectivity index (χ3n) is 3.06. The molecule has 2 aromatic rings. The van der Waals surface area contributed by atoms with Gasteiger partial charge >= 0.3 is 0 Å². The molecule has 2 aromatic heterocycles. The summed E-state index contributed by atoms with van der Waals surface area (Å²) in [5, 5.41) is 9.22. The molecule has 0 unspecified atom stereocenters. The van der Waals surface area contributed by atoms with Gasteiger partial charge in [-0.1, -0.05) is 4.49 Å². The van der Waals surface area contributed by atoms with E-state index in [2.05, 4.69) is 36.9 Å². The van der Waals surface area contributed by atoms with Crippen molar-refractivity contribution in [3.05, 3.63) is 29.4 Å². The fraction of sp³-hybridized carbons (Fsp3) is 0.417. The van der Waals surface area contributed by atoms with Crippen LogP contribution >= 0.6 is 11.5 Å². The summed E-state index contributed by atoms with van der Waals surface area (Å²) >= 11 is 1.37. The normalized spacial score (nSPS) is 15.0. The van der Waals surface area contributed by atoms with Crippen LogP contribution in [0.3, 0.4) is 0 Å². The van der Waals surface area contributed by atoms with Crippen LogP contribution in [0.4, 0.5) is 11.5 Å². The summed E-state index contributed by atoms with van der Waals surface area (Å²) in [6.45, 7) is 2.95. The predicted molar refractivity (Wildman–Crippen MR) is 72.9 cm³/mol. The molecule has 0 aliphatic carbocycles. The maximum atomic E-state index is 4.49. The number of nitrogens with one attached hydrogen (secondary N) is 1. The Bertz CT molecular complexity index is 476. The molecule has 5 nitrogen and oxygen atoms in total. The number of rotatable bonds is 4. The van der Waals surface area contributed by atoms with Gasteiger partial charge in [0.25, 0.3) is 0 Å². The zero-order valence-corrected chi connectivity index (χ0v) is 10.9. The Labute approximate surface area is 110 Å². The van der Waals surface area contributed by atoms with Crippen LogP contribution in [0, 0.1) is 0 Å². The Morgan fingerprint density at radius 3 is 2.83 bits per heavy atom. The minimum atomic E-state index is 0.696. The molecule has 0 atom stereocenters. The van der Waals surface area contributed by atoms with Crippen molar-refractivity contribution in [2.75, 3.05) is 23.3 Å². The van der Waals surface area contributed by atoms with Gasteiger partial charge in [-0.15, -0.1) is 5.10 Å². The van der Waals surface area contributed by atoms with Crippen molar-refractivity contribution in [2.24, 2.45) is 0 Å². The highest BCUT2D eigenvalue weighted by atomic mass is 32.1. The second kappa shape index (κ2) is 5.30. The van der Waals surface area contributed by atoms with E-state index in [1.165, 1.54) is 24.4 Å². The van der Waals surface area contributed by atoms with Crippen LogP contribution in [0.25, 0.3) is 0 Å². The maximum Gasteiger partial charge on any atom is 0.128 e. The average molecular weight is 261 g/mol. The van der Waals surface area contributed by atoms with Gasteiger partial charge in [0.05, 0.1) is 24.1 Å². The zero-order valence-electron chi connectivity index (χ0n) is 10.0. The highest BCUT2D eigenvalue weighted by molar-refractivity contribution is 7.03. The van der Waals surface area contributed by atoms with Crippen LogP contribution in [-0.2, 0) is 6.54 Å². The first-order valence-corrected chi connectivity index (χ1v) is 6.96. The quantitative estimate of drug-likeness (QED) is 0.914. The lowest BCUT2D eigenvalue weighted by molar-refractivity contribution is 0.936. The minimum Gasteiger partial charge on any atom is -0.378 e. The standard InChI is InChI=1S/C12H15N5S/c1-2-6-17(5-1)12-4-3-10(7-14-12)13-8-11-9-18-16-15-11/h3-4,7,9,13H,1-2,5-6,8H2. The van der Waals surface area contributed by atoms with Crippen molar-refractivity contribution < 1.29 is 0 Å². The molecule has 1 N–H and O–H groups in total. The summed E-state index contributed by atoms with van der Waals surface area (Å²) in [6.07, 6.45) is 4.43. The van der Waals surface area contributed by atoms with Crippen LogP contribution in [0.1, 0.15) is 18.5 Å². The molecule has 94 valence electrons. The van der Waals surface area contributed by atoms with Crippen LogP contribution in [0.15, 0.2) is 23.7 Å². The van der Waals surface area contributed by atoms with Gasteiger partial charge in [-0.3, -0.25) is 0 Å². The van der Waals surface area contributed by atoms with Crippen LogP contribution in [-0.4, -0.2) is 27.7 Å². The second-order valence-electron chi connectivity index (χ2n) is 4.35. The molecule has 3 rings (SSSR count). The van der Waals surface area contributed by atoms with E-state index in [4.69, 9.17) is 0 Å². The van der Waals surface area contributed by atoms with Crippen molar-refractivity contribution in [2.45, 2.75) is 19.4 Å². The van der Waals surface area contributed by atoms with Gasteiger partial charge in [-0.05, 0) is 36.5 Å². The zero-order chi connectivity index (χ0) is 12.2. The van der Waals surface area contributed by atoms with Gasteiger partial charge in [0.2, 0.25) is 0 Å². The topological polar surface area (TPSA) is 53.9 Å². The Morgan fingerprint density at radius 2 is 2.17 bits per heavy atom. The number of aromatic nitrogens is 3. The number of anilines is 2. The van der Waals surface area contributed by atoms with Gasteiger partial charge in [-0.2, -0.15) is 0 Å². The molecule has 0 bridgehead atoms. The van der Waals surface area contributed by atoms with Gasteiger partial charge in [0.15, 0.2) is 0 Å². The van der Waals surface area contributed by atoms with Crippen molar-refractivity contribution in [3.8, 4) is 0 Å². The summed E-state index contributed by atoms with van der Waals surface area (Å²) in [5.41, 5.74) is 1.98. The summed E-state index contributed by atoms with van der Waals surface area (Å²) in [7, 11) is 0. The van der Waals surface area contributed by atoms with Crippen molar-refractivity contribution in [3.63, 3.8) is 0 Å². The Kier molecular flexibility index (Phi) is 3.36. The van der Waals surface area contributed by atoms with Crippen molar-refractivity contribution in [1.29, 1.82) is 0 Å². The summed E-state index contributed by atoms with van der Waals surface area (Å²) in [5.74, 6) is 1.08. The molecule has 18 heavy (non-hydrogen) atoms. The summed E-state index contributed by atoms with van der Waals surface area (Å²) in [6, 6.07) is 4.15. The molecule has 0 saturated carbocycles. The fourth-order valence-electron chi connectivity index (χ4n) is 2.08. The van der Waals surface area contributed by atoms with Gasteiger partial charge in [-0.25, -0.2) is 4.98 Å². The SMILES string of the molecule is c1cc(N2CCCC2)ncc1NCc1csnn1. The lowest BCUT2D eigenvalue weighted by Crippen LogP contribution is -2.18. The Hall–Kier alpha value is -1.69. The Morgan fingerprint density at radius 1 is 1.28 bits per heavy atom. The smallest absolute Gasteiger partial charge is 0.128 e. The molecule has 1 aliphatic rings. The number of pyridine rings is 1. The first-order valence-electron chi connectivity index (χ1n) is 6.12.